The fourth-order valence-corrected chi connectivity index (χ4v) is 3.03. The van der Waals surface area contributed by atoms with Crippen molar-refractivity contribution in [2.45, 2.75) is 25.8 Å². The van der Waals surface area contributed by atoms with Crippen LogP contribution in [0.5, 0.6) is 0 Å². The zero-order chi connectivity index (χ0) is 16.1. The average Bonchev–Trinajstić information content (AvgIpc) is 2.47. The van der Waals surface area contributed by atoms with E-state index in [0.717, 1.165) is 29.8 Å². The van der Waals surface area contributed by atoms with Gasteiger partial charge in [0.05, 0.1) is 25.0 Å². The summed E-state index contributed by atoms with van der Waals surface area (Å²) in [5, 5.41) is 3.67. The van der Waals surface area contributed by atoms with Crippen LogP contribution in [0.2, 0.25) is 5.02 Å². The van der Waals surface area contributed by atoms with Crippen LogP contribution < -0.4 is 16.0 Å². The van der Waals surface area contributed by atoms with Crippen molar-refractivity contribution in [3.05, 3.63) is 34.9 Å². The van der Waals surface area contributed by atoms with Gasteiger partial charge in [-0.05, 0) is 37.5 Å². The number of piperidine rings is 1. The Bertz CT molecular complexity index is 533. The molecule has 2 amide bonds. The number of rotatable bonds is 5. The van der Waals surface area contributed by atoms with Crippen LogP contribution >= 0.6 is 11.6 Å². The largest absolute Gasteiger partial charge is 0.369 e. The second-order valence-corrected chi connectivity index (χ2v) is 6.40. The summed E-state index contributed by atoms with van der Waals surface area (Å²) in [5.74, 6) is -0.375. The SMILES string of the molecule is C[C@H](NC(=O)C[NH+]1CCC[C@H](C(N)=O)C1)c1ccc(Cl)cc1. The molecule has 1 saturated heterocycles. The fraction of sp³-hybridized carbons (Fsp3) is 0.500. The molecule has 5 nitrogen and oxygen atoms in total. The van der Waals surface area contributed by atoms with Gasteiger partial charge in [0.15, 0.2) is 6.54 Å². The highest BCUT2D eigenvalue weighted by Crippen LogP contribution is 2.15. The summed E-state index contributed by atoms with van der Waals surface area (Å²) in [5.41, 5.74) is 6.38. The van der Waals surface area contributed by atoms with Crippen molar-refractivity contribution in [3.63, 3.8) is 0 Å². The zero-order valence-electron chi connectivity index (χ0n) is 12.8. The minimum absolute atomic E-state index is 0.0115. The van der Waals surface area contributed by atoms with Gasteiger partial charge in [0.1, 0.15) is 0 Å². The normalized spacial score (nSPS) is 22.8. The first-order valence-electron chi connectivity index (χ1n) is 7.63. The van der Waals surface area contributed by atoms with Gasteiger partial charge in [-0.1, -0.05) is 23.7 Å². The van der Waals surface area contributed by atoms with E-state index in [2.05, 4.69) is 5.32 Å². The molecule has 1 aliphatic rings. The summed E-state index contributed by atoms with van der Waals surface area (Å²) in [6, 6.07) is 7.37. The number of primary amides is 1. The summed E-state index contributed by atoms with van der Waals surface area (Å²) in [6.45, 7) is 3.88. The molecule has 120 valence electrons. The first kappa shape index (κ1) is 16.8. The van der Waals surface area contributed by atoms with Crippen molar-refractivity contribution in [3.8, 4) is 0 Å². The average molecular weight is 325 g/mol. The first-order chi connectivity index (χ1) is 10.5. The number of quaternary nitrogens is 1. The second kappa shape index (κ2) is 7.61. The molecule has 0 aromatic heterocycles. The molecule has 0 aliphatic carbocycles. The van der Waals surface area contributed by atoms with Crippen molar-refractivity contribution >= 4 is 23.4 Å². The molecule has 4 N–H and O–H groups in total. The third kappa shape index (κ3) is 4.71. The van der Waals surface area contributed by atoms with Crippen LogP contribution in [0, 0.1) is 5.92 Å². The third-order valence-electron chi connectivity index (χ3n) is 4.18. The van der Waals surface area contributed by atoms with E-state index in [9.17, 15) is 9.59 Å². The number of nitrogens with one attached hydrogen (secondary N) is 2. The summed E-state index contributed by atoms with van der Waals surface area (Å²) >= 11 is 5.86. The number of benzene rings is 1. The van der Waals surface area contributed by atoms with Crippen LogP contribution in [0.3, 0.4) is 0 Å². The molecule has 3 atom stereocenters. The van der Waals surface area contributed by atoms with Gasteiger partial charge in [-0.15, -0.1) is 0 Å². The Morgan fingerprint density at radius 3 is 2.73 bits per heavy atom. The number of hydrogen-bond acceptors (Lipinski definition) is 2. The van der Waals surface area contributed by atoms with Gasteiger partial charge in [0, 0.05) is 5.02 Å². The molecule has 2 rings (SSSR count). The third-order valence-corrected chi connectivity index (χ3v) is 4.43. The van der Waals surface area contributed by atoms with E-state index in [1.54, 1.807) is 0 Å². The van der Waals surface area contributed by atoms with Crippen LogP contribution in [0.4, 0.5) is 0 Å². The molecule has 6 heteroatoms. The van der Waals surface area contributed by atoms with E-state index in [1.807, 2.05) is 31.2 Å². The molecular weight excluding hydrogens is 302 g/mol. The molecule has 1 aliphatic heterocycles. The molecule has 0 bridgehead atoms. The molecule has 0 spiro atoms. The Morgan fingerprint density at radius 1 is 1.41 bits per heavy atom. The molecule has 1 aromatic carbocycles. The maximum absolute atomic E-state index is 12.2. The van der Waals surface area contributed by atoms with Crippen molar-refractivity contribution < 1.29 is 14.5 Å². The highest BCUT2D eigenvalue weighted by molar-refractivity contribution is 6.30. The van der Waals surface area contributed by atoms with Gasteiger partial charge in [-0.3, -0.25) is 9.59 Å². The van der Waals surface area contributed by atoms with E-state index in [-0.39, 0.29) is 23.8 Å². The zero-order valence-corrected chi connectivity index (χ0v) is 13.5. The Morgan fingerprint density at radius 2 is 2.09 bits per heavy atom. The lowest BCUT2D eigenvalue weighted by Crippen LogP contribution is -3.15. The molecule has 0 saturated carbocycles. The number of hydrogen-bond donors (Lipinski definition) is 3. The minimum Gasteiger partial charge on any atom is -0.369 e. The molecule has 1 aromatic rings. The Kier molecular flexibility index (Phi) is 5.80. The van der Waals surface area contributed by atoms with E-state index in [1.165, 1.54) is 0 Å². The van der Waals surface area contributed by atoms with Crippen LogP contribution in [0.1, 0.15) is 31.4 Å². The Labute approximate surface area is 135 Å². The Hall–Kier alpha value is -1.59. The van der Waals surface area contributed by atoms with Gasteiger partial charge >= 0.3 is 0 Å². The van der Waals surface area contributed by atoms with E-state index >= 15 is 0 Å². The molecule has 0 radical (unpaired) electrons. The maximum atomic E-state index is 12.2. The summed E-state index contributed by atoms with van der Waals surface area (Å²) < 4.78 is 0. The molecule has 22 heavy (non-hydrogen) atoms. The van der Waals surface area contributed by atoms with Crippen LogP contribution in [0.25, 0.3) is 0 Å². The highest BCUT2D eigenvalue weighted by Gasteiger charge is 2.28. The van der Waals surface area contributed by atoms with Gasteiger partial charge in [-0.2, -0.15) is 0 Å². The second-order valence-electron chi connectivity index (χ2n) is 5.96. The van der Waals surface area contributed by atoms with Gasteiger partial charge in [-0.25, -0.2) is 0 Å². The molecule has 1 fully saturated rings. The number of amides is 2. The van der Waals surface area contributed by atoms with Crippen LogP contribution in [-0.2, 0) is 9.59 Å². The Balaban J connectivity index is 1.84. The van der Waals surface area contributed by atoms with Gasteiger partial charge < -0.3 is 16.0 Å². The van der Waals surface area contributed by atoms with Crippen molar-refractivity contribution in [2.24, 2.45) is 11.7 Å². The highest BCUT2D eigenvalue weighted by atomic mass is 35.5. The number of carbonyl (C=O) groups is 2. The van der Waals surface area contributed by atoms with Crippen LogP contribution in [0.15, 0.2) is 24.3 Å². The monoisotopic (exact) mass is 324 g/mol. The topological polar surface area (TPSA) is 76.6 Å². The minimum atomic E-state index is -0.257. The quantitative estimate of drug-likeness (QED) is 0.728. The fourth-order valence-electron chi connectivity index (χ4n) is 2.91. The lowest BCUT2D eigenvalue weighted by atomic mass is 9.97. The maximum Gasteiger partial charge on any atom is 0.275 e. The number of halogens is 1. The van der Waals surface area contributed by atoms with Gasteiger partial charge in [0.25, 0.3) is 5.91 Å². The number of likely N-dealkylation sites (tertiary alicyclic amines) is 1. The predicted molar refractivity (Wildman–Crippen MR) is 85.5 cm³/mol. The van der Waals surface area contributed by atoms with E-state index in [0.29, 0.717) is 18.1 Å². The lowest BCUT2D eigenvalue weighted by Gasteiger charge is -2.28. The predicted octanol–water partition coefficient (Wildman–Crippen LogP) is 0.297. The van der Waals surface area contributed by atoms with E-state index < -0.39 is 0 Å². The summed E-state index contributed by atoms with van der Waals surface area (Å²) in [4.78, 5) is 24.6. The van der Waals surface area contributed by atoms with Crippen LogP contribution in [-0.4, -0.2) is 31.4 Å². The molecule has 1 heterocycles. The molecular formula is C16H23ClN3O2+. The van der Waals surface area contributed by atoms with E-state index in [4.69, 9.17) is 17.3 Å². The summed E-state index contributed by atoms with van der Waals surface area (Å²) in [6.07, 6.45) is 1.77. The number of carbonyl (C=O) groups excluding carboxylic acids is 2. The lowest BCUT2D eigenvalue weighted by molar-refractivity contribution is -0.899. The summed E-state index contributed by atoms with van der Waals surface area (Å²) in [7, 11) is 0. The first-order valence-corrected chi connectivity index (χ1v) is 8.01. The van der Waals surface area contributed by atoms with Gasteiger partial charge in [0.2, 0.25) is 5.91 Å². The smallest absolute Gasteiger partial charge is 0.275 e. The number of nitrogens with two attached hydrogens (primary N) is 1. The van der Waals surface area contributed by atoms with Crippen molar-refractivity contribution in [1.82, 2.24) is 5.32 Å². The van der Waals surface area contributed by atoms with Crippen molar-refractivity contribution in [2.75, 3.05) is 19.6 Å². The standard InChI is InChI=1S/C16H22ClN3O2/c1-11(12-4-6-14(17)7-5-12)19-15(21)10-20-8-2-3-13(9-20)16(18)22/h4-7,11,13H,2-3,8-10H2,1H3,(H2,18,22)(H,19,21)/p+1/t11-,13-/m0/s1. The molecule has 1 unspecified atom stereocenters. The van der Waals surface area contributed by atoms with Crippen molar-refractivity contribution in [1.29, 1.82) is 0 Å².